The first-order valence-corrected chi connectivity index (χ1v) is 21.1. The summed E-state index contributed by atoms with van der Waals surface area (Å²) in [7, 11) is -1.29. The second-order valence-corrected chi connectivity index (χ2v) is 19.5. The molecule has 0 aliphatic heterocycles. The van der Waals surface area contributed by atoms with Crippen LogP contribution in [0.3, 0.4) is 0 Å². The van der Waals surface area contributed by atoms with Crippen molar-refractivity contribution in [3.05, 3.63) is 164 Å². The third-order valence-electron chi connectivity index (χ3n) is 9.08. The topological polar surface area (TPSA) is 38.9 Å². The number of hydrogen-bond acceptors (Lipinski definition) is 3. The first-order valence-electron chi connectivity index (χ1n) is 17.6. The number of furan rings is 1. The molecular formula is C47H42IrN2OSi-2. The smallest absolute Gasteiger partial charge is 0.121 e. The molecule has 0 unspecified atom stereocenters. The Kier molecular flexibility index (Phi) is 11.5. The molecular weight excluding hydrogens is 829 g/mol. The van der Waals surface area contributed by atoms with Crippen LogP contribution in [-0.4, -0.2) is 18.0 Å². The standard InChI is InChI=1S/C27H22NO.C20H20NSi.Ir/c1-18(2)15-19-13-14-28-25(16-19)24-10-6-9-23-22-12-11-21(17-26(22)29-27(23)24)20-7-4-3-5-8-20;1-22(2,3)19-12-13-20(21-15-19)18-11-7-10-17(14-18)16-8-5-4-6-9-16;/h3-9,11-14,16-18H,15H2,1-2H3;4-10,12-15H,1-3H3;/q2*-1;. The van der Waals surface area contributed by atoms with Gasteiger partial charge in [-0.3, -0.25) is 0 Å². The summed E-state index contributed by atoms with van der Waals surface area (Å²) in [5, 5.41) is 3.60. The normalized spacial score (nSPS) is 11.3. The molecule has 0 fully saturated rings. The molecule has 0 N–H and O–H groups in total. The third kappa shape index (κ3) is 8.40. The molecule has 261 valence electrons. The monoisotopic (exact) mass is 871 g/mol. The summed E-state index contributed by atoms with van der Waals surface area (Å²) in [6.45, 7) is 11.5. The van der Waals surface area contributed by atoms with Crippen LogP contribution in [-0.2, 0) is 26.5 Å². The molecule has 0 saturated heterocycles. The minimum atomic E-state index is -1.29. The van der Waals surface area contributed by atoms with Gasteiger partial charge in [-0.05, 0) is 57.7 Å². The Balaban J connectivity index is 0.000000182. The Bertz CT molecular complexity index is 2400. The largest absolute Gasteiger partial charge is 0.501 e. The third-order valence-corrected chi connectivity index (χ3v) is 11.1. The number of rotatable bonds is 7. The van der Waals surface area contributed by atoms with Crippen LogP contribution < -0.4 is 5.19 Å². The second-order valence-electron chi connectivity index (χ2n) is 14.5. The van der Waals surface area contributed by atoms with E-state index in [0.29, 0.717) is 5.92 Å². The molecule has 5 heteroatoms. The van der Waals surface area contributed by atoms with Crippen molar-refractivity contribution >= 4 is 35.2 Å². The van der Waals surface area contributed by atoms with Crippen LogP contribution in [0, 0.1) is 18.1 Å². The van der Waals surface area contributed by atoms with E-state index in [2.05, 4.69) is 165 Å². The van der Waals surface area contributed by atoms with E-state index in [0.717, 1.165) is 56.4 Å². The van der Waals surface area contributed by atoms with Crippen molar-refractivity contribution in [1.82, 2.24) is 9.97 Å². The van der Waals surface area contributed by atoms with Crippen LogP contribution in [0.2, 0.25) is 19.6 Å². The second kappa shape index (κ2) is 16.2. The molecule has 0 spiro atoms. The number of pyridine rings is 2. The first-order chi connectivity index (χ1) is 24.7. The van der Waals surface area contributed by atoms with Gasteiger partial charge in [0.25, 0.3) is 0 Å². The molecule has 0 bridgehead atoms. The van der Waals surface area contributed by atoms with Gasteiger partial charge < -0.3 is 14.4 Å². The van der Waals surface area contributed by atoms with Crippen molar-refractivity contribution in [2.45, 2.75) is 39.9 Å². The maximum Gasteiger partial charge on any atom is 0.121 e. The van der Waals surface area contributed by atoms with Crippen molar-refractivity contribution < 1.29 is 24.5 Å². The molecule has 5 aromatic carbocycles. The van der Waals surface area contributed by atoms with E-state index >= 15 is 0 Å². The van der Waals surface area contributed by atoms with Gasteiger partial charge >= 0.3 is 0 Å². The zero-order valence-electron chi connectivity index (χ0n) is 30.3. The Labute approximate surface area is 322 Å². The minimum Gasteiger partial charge on any atom is -0.501 e. The van der Waals surface area contributed by atoms with Crippen molar-refractivity contribution in [2.24, 2.45) is 5.92 Å². The van der Waals surface area contributed by atoms with Crippen molar-refractivity contribution in [3.63, 3.8) is 0 Å². The SMILES string of the molecule is CC(C)Cc1ccnc(-c2[c-]ccc3c2oc2cc(-c4ccccc4)ccc23)c1.C[Si](C)(C)c1ccc(-c2[c-]ccc(-c3ccccc3)c2)nc1.[Ir]. The quantitative estimate of drug-likeness (QED) is 0.118. The van der Waals surface area contributed by atoms with Crippen LogP contribution >= 0.6 is 0 Å². The van der Waals surface area contributed by atoms with E-state index in [9.17, 15) is 0 Å². The van der Waals surface area contributed by atoms with Gasteiger partial charge in [0.05, 0.1) is 13.7 Å². The van der Waals surface area contributed by atoms with Crippen molar-refractivity contribution in [3.8, 4) is 44.8 Å². The van der Waals surface area contributed by atoms with Gasteiger partial charge in [0.15, 0.2) is 0 Å². The maximum absolute atomic E-state index is 6.35. The zero-order chi connectivity index (χ0) is 35.4. The molecule has 3 aromatic heterocycles. The van der Waals surface area contributed by atoms with Crippen molar-refractivity contribution in [1.29, 1.82) is 0 Å². The van der Waals surface area contributed by atoms with Gasteiger partial charge in [0, 0.05) is 37.9 Å². The maximum atomic E-state index is 6.35. The number of nitrogens with zero attached hydrogens (tertiary/aromatic N) is 2. The van der Waals surface area contributed by atoms with Crippen LogP contribution in [0.5, 0.6) is 0 Å². The summed E-state index contributed by atoms with van der Waals surface area (Å²) in [6.07, 6.45) is 4.95. The number of hydrogen-bond donors (Lipinski definition) is 0. The van der Waals surface area contributed by atoms with Crippen LogP contribution in [0.15, 0.2) is 150 Å². The summed E-state index contributed by atoms with van der Waals surface area (Å²) in [4.78, 5) is 9.26. The van der Waals surface area contributed by atoms with Crippen LogP contribution in [0.25, 0.3) is 66.7 Å². The summed E-state index contributed by atoms with van der Waals surface area (Å²) in [5.41, 5.74) is 11.6. The summed E-state index contributed by atoms with van der Waals surface area (Å²) < 4.78 is 6.35. The van der Waals surface area contributed by atoms with Crippen molar-refractivity contribution in [2.75, 3.05) is 0 Å². The Morgan fingerprint density at radius 1 is 0.635 bits per heavy atom. The molecule has 0 aliphatic carbocycles. The first kappa shape index (κ1) is 36.8. The molecule has 0 saturated carbocycles. The molecule has 1 radical (unpaired) electrons. The van der Waals surface area contributed by atoms with Gasteiger partial charge in [-0.2, -0.15) is 0 Å². The Morgan fingerprint density at radius 2 is 1.33 bits per heavy atom. The molecule has 52 heavy (non-hydrogen) atoms. The molecule has 3 nitrogen and oxygen atoms in total. The molecule has 0 atom stereocenters. The van der Waals surface area contributed by atoms with Gasteiger partial charge in [0.1, 0.15) is 5.58 Å². The zero-order valence-corrected chi connectivity index (χ0v) is 33.7. The predicted molar refractivity (Wildman–Crippen MR) is 217 cm³/mol. The number of aromatic nitrogens is 2. The molecule has 0 amide bonds. The molecule has 8 rings (SSSR count). The van der Waals surface area contributed by atoms with E-state index in [4.69, 9.17) is 4.42 Å². The molecule has 0 aliphatic rings. The Morgan fingerprint density at radius 3 is 1.98 bits per heavy atom. The number of benzene rings is 5. The number of fused-ring (bicyclic) bond motifs is 3. The van der Waals surface area contributed by atoms with E-state index in [1.165, 1.54) is 27.4 Å². The average Bonchev–Trinajstić information content (AvgIpc) is 3.54. The van der Waals surface area contributed by atoms with E-state index in [1.807, 2.05) is 36.7 Å². The van der Waals surface area contributed by atoms with Gasteiger partial charge in [-0.25, -0.2) is 0 Å². The van der Waals surface area contributed by atoms with E-state index < -0.39 is 8.07 Å². The van der Waals surface area contributed by atoms with Gasteiger partial charge in [-0.1, -0.05) is 141 Å². The fraction of sp³-hybridized carbons (Fsp3) is 0.149. The summed E-state index contributed by atoms with van der Waals surface area (Å²) in [5.74, 6) is 0.604. The summed E-state index contributed by atoms with van der Waals surface area (Å²) >= 11 is 0. The summed E-state index contributed by atoms with van der Waals surface area (Å²) in [6, 6.07) is 52.7. The Hall–Kier alpha value is -4.93. The predicted octanol–water partition coefficient (Wildman–Crippen LogP) is 12.1. The fourth-order valence-corrected chi connectivity index (χ4v) is 7.41. The minimum absolute atomic E-state index is 0. The van der Waals surface area contributed by atoms with Gasteiger partial charge in [0.2, 0.25) is 0 Å². The molecule has 3 heterocycles. The van der Waals surface area contributed by atoms with Crippen LogP contribution in [0.4, 0.5) is 0 Å². The molecule has 8 aromatic rings. The van der Waals surface area contributed by atoms with E-state index in [1.54, 1.807) is 0 Å². The fourth-order valence-electron chi connectivity index (χ4n) is 6.37. The van der Waals surface area contributed by atoms with Crippen LogP contribution in [0.1, 0.15) is 19.4 Å². The van der Waals surface area contributed by atoms with Gasteiger partial charge in [-0.15, -0.1) is 53.6 Å². The van der Waals surface area contributed by atoms with E-state index in [-0.39, 0.29) is 20.1 Å². The average molecular weight is 871 g/mol.